The second-order valence-corrected chi connectivity index (χ2v) is 16.5. The monoisotopic (exact) mass is 499 g/mol. The fraction of sp³-hybridized carbons (Fsp3) is 0.440. The van der Waals surface area contributed by atoms with Crippen LogP contribution in [0.2, 0.25) is 25.7 Å². The van der Waals surface area contributed by atoms with E-state index in [1.54, 1.807) is 32.9 Å². The van der Waals surface area contributed by atoms with Crippen LogP contribution in [0, 0.1) is 17.0 Å². The van der Waals surface area contributed by atoms with Gasteiger partial charge in [0.2, 0.25) is 0 Å². The highest BCUT2D eigenvalue weighted by molar-refractivity contribution is 6.76. The molecule has 0 radical (unpaired) electrons. The summed E-state index contributed by atoms with van der Waals surface area (Å²) in [6.45, 7) is 14.1. The van der Waals surface area contributed by atoms with Gasteiger partial charge in [-0.15, -0.1) is 0 Å². The Morgan fingerprint density at radius 1 is 1.14 bits per heavy atom. The van der Waals surface area contributed by atoms with Crippen molar-refractivity contribution in [3.8, 4) is 11.3 Å². The largest absolute Gasteiger partial charge is 0.443 e. The predicted octanol–water partition coefficient (Wildman–Crippen LogP) is 5.78. The maximum Gasteiger partial charge on any atom is 0.419 e. The van der Waals surface area contributed by atoms with Gasteiger partial charge < -0.3 is 9.47 Å². The molecule has 2 heterocycles. The van der Waals surface area contributed by atoms with E-state index in [0.717, 1.165) is 17.0 Å². The Morgan fingerprint density at radius 2 is 1.83 bits per heavy atom. The van der Waals surface area contributed by atoms with Crippen LogP contribution in [0.15, 0.2) is 41.3 Å². The van der Waals surface area contributed by atoms with Crippen molar-refractivity contribution in [3.05, 3.63) is 62.6 Å². The summed E-state index contributed by atoms with van der Waals surface area (Å²) >= 11 is 0. The molecule has 0 bridgehead atoms. The van der Waals surface area contributed by atoms with Crippen LogP contribution >= 0.6 is 0 Å². The third kappa shape index (κ3) is 6.46. The number of fused-ring (bicyclic) bond motifs is 1. The first-order valence-electron chi connectivity index (χ1n) is 11.5. The number of hydrogen-bond acceptors (Lipinski definition) is 6. The Labute approximate surface area is 205 Å². The van der Waals surface area contributed by atoms with E-state index in [4.69, 9.17) is 9.47 Å². The summed E-state index contributed by atoms with van der Waals surface area (Å²) in [5.41, 5.74) is 0.222. The summed E-state index contributed by atoms with van der Waals surface area (Å²) < 4.78 is 13.8. The number of aryl methyl sites for hydroxylation is 1. The lowest BCUT2D eigenvalue weighted by Gasteiger charge is -2.21. The molecule has 0 saturated carbocycles. The van der Waals surface area contributed by atoms with E-state index in [0.29, 0.717) is 12.1 Å². The van der Waals surface area contributed by atoms with Gasteiger partial charge in [-0.25, -0.2) is 9.36 Å². The molecule has 3 aromatic rings. The number of aromatic nitrogens is 2. The zero-order valence-electron chi connectivity index (χ0n) is 21.4. The molecular weight excluding hydrogens is 466 g/mol. The van der Waals surface area contributed by atoms with Crippen molar-refractivity contribution >= 4 is 30.8 Å². The molecule has 9 nitrogen and oxygen atoms in total. The summed E-state index contributed by atoms with van der Waals surface area (Å²) in [6, 6.07) is 9.29. The van der Waals surface area contributed by atoms with Crippen LogP contribution in [0.1, 0.15) is 26.3 Å². The second kappa shape index (κ2) is 9.78. The molecule has 35 heavy (non-hydrogen) atoms. The van der Waals surface area contributed by atoms with Gasteiger partial charge in [-0.1, -0.05) is 31.3 Å². The van der Waals surface area contributed by atoms with E-state index in [1.807, 2.05) is 19.1 Å². The number of nitro groups is 1. The molecule has 0 N–H and O–H groups in total. The summed E-state index contributed by atoms with van der Waals surface area (Å²) in [4.78, 5) is 37.8. The molecule has 1 aromatic carbocycles. The highest BCUT2D eigenvalue weighted by Crippen LogP contribution is 2.30. The number of pyridine rings is 1. The second-order valence-electron chi connectivity index (χ2n) is 10.9. The van der Waals surface area contributed by atoms with E-state index >= 15 is 0 Å². The highest BCUT2D eigenvalue weighted by atomic mass is 28.3. The Bertz CT molecular complexity index is 1330. The molecule has 3 rings (SSSR count). The van der Waals surface area contributed by atoms with Crippen LogP contribution in [0.25, 0.3) is 22.2 Å². The molecule has 0 aliphatic carbocycles. The average molecular weight is 500 g/mol. The zero-order chi connectivity index (χ0) is 26.1. The van der Waals surface area contributed by atoms with Crippen molar-refractivity contribution in [2.24, 2.45) is 0 Å². The lowest BCUT2D eigenvalue weighted by atomic mass is 10.1. The van der Waals surface area contributed by atoms with Gasteiger partial charge in [0.15, 0.2) is 0 Å². The van der Waals surface area contributed by atoms with Gasteiger partial charge in [-0.2, -0.15) is 0 Å². The first-order chi connectivity index (χ1) is 16.2. The standard InChI is InChI=1S/C25H33N3O6Si/c1-17-8-9-21-18(12-17)13-22(27(21)24(30)34-25(2,3)4)20-14-19(28(31)32)15-26(23(20)29)16-33-10-11-35(5,6)7/h8-9,12-15H,10-11,16H2,1-7H3. The topological polar surface area (TPSA) is 106 Å². The van der Waals surface area contributed by atoms with Crippen molar-refractivity contribution in [1.29, 1.82) is 0 Å². The zero-order valence-corrected chi connectivity index (χ0v) is 22.4. The number of benzene rings is 1. The fourth-order valence-corrected chi connectivity index (χ4v) is 4.33. The van der Waals surface area contributed by atoms with Gasteiger partial charge in [-0.3, -0.25) is 19.5 Å². The van der Waals surface area contributed by atoms with Crippen LogP contribution < -0.4 is 5.56 Å². The third-order valence-corrected chi connectivity index (χ3v) is 7.02. The number of ether oxygens (including phenoxy) is 2. The quantitative estimate of drug-likeness (QED) is 0.176. The average Bonchev–Trinajstić information content (AvgIpc) is 3.08. The van der Waals surface area contributed by atoms with Crippen molar-refractivity contribution in [2.75, 3.05) is 6.61 Å². The van der Waals surface area contributed by atoms with Crippen molar-refractivity contribution in [3.63, 3.8) is 0 Å². The Balaban J connectivity index is 2.16. The van der Waals surface area contributed by atoms with E-state index in [-0.39, 0.29) is 23.7 Å². The Kier molecular flexibility index (Phi) is 7.37. The number of nitrogens with zero attached hydrogens (tertiary/aromatic N) is 3. The lowest BCUT2D eigenvalue weighted by molar-refractivity contribution is -0.385. The molecule has 0 atom stereocenters. The van der Waals surface area contributed by atoms with Gasteiger partial charge in [0.05, 0.1) is 27.9 Å². The number of carbonyl (C=O) groups is 1. The van der Waals surface area contributed by atoms with Gasteiger partial charge in [0.1, 0.15) is 12.3 Å². The molecule has 0 amide bonds. The van der Waals surface area contributed by atoms with E-state index in [2.05, 4.69) is 19.6 Å². The van der Waals surface area contributed by atoms with Gasteiger partial charge in [0, 0.05) is 26.1 Å². The molecule has 0 spiro atoms. The Morgan fingerprint density at radius 3 is 2.43 bits per heavy atom. The van der Waals surface area contributed by atoms with Gasteiger partial charge >= 0.3 is 6.09 Å². The van der Waals surface area contributed by atoms with Crippen LogP contribution in [0.3, 0.4) is 0 Å². The third-order valence-electron chi connectivity index (χ3n) is 5.32. The van der Waals surface area contributed by atoms with Crippen LogP contribution in [-0.2, 0) is 16.2 Å². The smallest absolute Gasteiger partial charge is 0.419 e. The molecular formula is C25H33N3O6Si. The number of hydrogen-bond donors (Lipinski definition) is 0. The normalized spacial score (nSPS) is 12.2. The van der Waals surface area contributed by atoms with Crippen molar-refractivity contribution < 1.29 is 19.2 Å². The molecule has 0 aliphatic heterocycles. The van der Waals surface area contributed by atoms with Gasteiger partial charge in [0.25, 0.3) is 11.2 Å². The van der Waals surface area contributed by atoms with E-state index in [9.17, 15) is 19.7 Å². The molecule has 10 heteroatoms. The van der Waals surface area contributed by atoms with E-state index in [1.165, 1.54) is 21.4 Å². The minimum absolute atomic E-state index is 0.0210. The summed E-state index contributed by atoms with van der Waals surface area (Å²) in [5.74, 6) is 0. The van der Waals surface area contributed by atoms with Crippen LogP contribution in [-0.4, -0.2) is 40.4 Å². The van der Waals surface area contributed by atoms with Crippen molar-refractivity contribution in [1.82, 2.24) is 9.13 Å². The first-order valence-corrected chi connectivity index (χ1v) is 15.2. The summed E-state index contributed by atoms with van der Waals surface area (Å²) in [6.07, 6.45) is 0.500. The first kappa shape index (κ1) is 26.4. The van der Waals surface area contributed by atoms with Crippen LogP contribution in [0.4, 0.5) is 10.5 Å². The molecule has 0 unspecified atom stereocenters. The molecule has 0 saturated heterocycles. The molecule has 0 aliphatic rings. The Hall–Kier alpha value is -3.24. The lowest BCUT2D eigenvalue weighted by Crippen LogP contribution is -2.29. The molecule has 188 valence electrons. The maximum atomic E-state index is 13.4. The van der Waals surface area contributed by atoms with Crippen LogP contribution in [0.5, 0.6) is 0 Å². The number of rotatable bonds is 7. The summed E-state index contributed by atoms with van der Waals surface area (Å²) in [7, 11) is -1.34. The minimum atomic E-state index is -1.34. The van der Waals surface area contributed by atoms with Gasteiger partial charge in [-0.05, 0) is 51.9 Å². The highest BCUT2D eigenvalue weighted by Gasteiger charge is 2.26. The maximum absolute atomic E-state index is 13.4. The van der Waals surface area contributed by atoms with E-state index < -0.39 is 30.3 Å². The van der Waals surface area contributed by atoms with Crippen molar-refractivity contribution in [2.45, 2.75) is 65.7 Å². The fourth-order valence-electron chi connectivity index (χ4n) is 3.58. The SMILES string of the molecule is Cc1ccc2c(c1)cc(-c1cc([N+](=O)[O-])cn(COCC[Si](C)(C)C)c1=O)n2C(=O)OC(C)(C)C. The number of carbonyl (C=O) groups excluding carboxylic acids is 1. The summed E-state index contributed by atoms with van der Waals surface area (Å²) in [5, 5.41) is 12.4. The molecule has 2 aromatic heterocycles. The minimum Gasteiger partial charge on any atom is -0.443 e. The molecule has 0 fully saturated rings. The predicted molar refractivity (Wildman–Crippen MR) is 139 cm³/mol.